The van der Waals surface area contributed by atoms with E-state index in [4.69, 9.17) is 16.3 Å². The van der Waals surface area contributed by atoms with E-state index in [1.54, 1.807) is 29.2 Å². The van der Waals surface area contributed by atoms with Gasteiger partial charge in [0, 0.05) is 23.3 Å². The third-order valence-electron chi connectivity index (χ3n) is 9.53. The van der Waals surface area contributed by atoms with Crippen molar-refractivity contribution in [3.63, 3.8) is 0 Å². The quantitative estimate of drug-likeness (QED) is 0.492. The molecule has 7 nitrogen and oxygen atoms in total. The molecule has 1 saturated carbocycles. The summed E-state index contributed by atoms with van der Waals surface area (Å²) in [5.74, 6) is -1.48. The predicted octanol–water partition coefficient (Wildman–Crippen LogP) is 4.88. The topological polar surface area (TPSA) is 87.7 Å². The number of carbonyl (C=O) groups is 3. The first-order valence-corrected chi connectivity index (χ1v) is 14.7. The van der Waals surface area contributed by atoms with Crippen molar-refractivity contribution in [2.24, 2.45) is 23.7 Å². The number of carbonyl (C=O) groups excluding carboxylic acids is 3. The molecule has 8 atom stereocenters. The maximum absolute atomic E-state index is 14.2. The zero-order chi connectivity index (χ0) is 28.2. The van der Waals surface area contributed by atoms with Crippen molar-refractivity contribution in [2.75, 3.05) is 5.32 Å². The molecule has 4 aliphatic rings. The summed E-state index contributed by atoms with van der Waals surface area (Å²) in [6, 6.07) is 14.0. The molecule has 0 radical (unpaired) electrons. The average Bonchev–Trinajstić information content (AvgIpc) is 3.55. The Morgan fingerprint density at radius 1 is 1.10 bits per heavy atom. The van der Waals surface area contributed by atoms with Gasteiger partial charge >= 0.3 is 0 Å². The molecule has 3 fully saturated rings. The molecule has 0 unspecified atom stereocenters. The molecule has 210 valence electrons. The van der Waals surface area contributed by atoms with Gasteiger partial charge in [0.15, 0.2) is 0 Å². The third kappa shape index (κ3) is 4.53. The van der Waals surface area contributed by atoms with E-state index in [-0.39, 0.29) is 30.3 Å². The van der Waals surface area contributed by atoms with Gasteiger partial charge in [0.25, 0.3) is 0 Å². The maximum atomic E-state index is 14.2. The Balaban J connectivity index is 1.33. The normalized spacial score (nSPS) is 34.1. The number of fused-ring (bicyclic) bond motifs is 1. The highest BCUT2D eigenvalue weighted by Crippen LogP contribution is 2.55. The second-order valence-electron chi connectivity index (χ2n) is 12.0. The van der Waals surface area contributed by atoms with Crippen LogP contribution in [0.25, 0.3) is 0 Å². The molecule has 1 spiro atoms. The lowest BCUT2D eigenvalue weighted by atomic mass is 9.73. The van der Waals surface area contributed by atoms with E-state index in [1.807, 2.05) is 43.3 Å². The molecule has 3 amide bonds. The van der Waals surface area contributed by atoms with E-state index in [0.717, 1.165) is 30.4 Å². The summed E-state index contributed by atoms with van der Waals surface area (Å²) in [6.07, 6.45) is 6.24. The Hall–Kier alpha value is -3.16. The standard InChI is InChI=1S/C32H36ClN3O4/c1-18-10-12-21(13-11-18)17-36-28(30(38)35-24-9-4-6-19(2)20(24)3)32-15-14-25(40-32)26(27(32)31(36)39)29(37)34-23-8-5-7-22(33)16-23/h5,7-8,10-16,19-20,24-28H,4,6,9,17H2,1-3H3,(H,34,37)(H,35,38)/t19-,20-,24+,25-,26+,27-,28-,32-/m0/s1. The molecule has 2 aromatic rings. The maximum Gasteiger partial charge on any atom is 0.246 e. The zero-order valence-electron chi connectivity index (χ0n) is 23.1. The Bertz CT molecular complexity index is 1360. The summed E-state index contributed by atoms with van der Waals surface area (Å²) < 4.78 is 6.49. The van der Waals surface area contributed by atoms with Gasteiger partial charge < -0.3 is 20.3 Å². The number of nitrogens with zero attached hydrogens (tertiary/aromatic N) is 1. The number of benzene rings is 2. The van der Waals surface area contributed by atoms with Crippen LogP contribution in [0.2, 0.25) is 5.02 Å². The zero-order valence-corrected chi connectivity index (χ0v) is 23.9. The number of ether oxygens (including phenoxy) is 1. The minimum atomic E-state index is -1.20. The van der Waals surface area contributed by atoms with Crippen LogP contribution in [0.4, 0.5) is 5.69 Å². The van der Waals surface area contributed by atoms with E-state index in [9.17, 15) is 14.4 Å². The predicted molar refractivity (Wildman–Crippen MR) is 153 cm³/mol. The SMILES string of the molecule is Cc1ccc(CN2C(=O)[C@@H]3[C@H](C(=O)Nc4cccc(Cl)c4)[C@@H]4C=C[C@@]3(O4)[C@@H]2C(=O)N[C@@H]2CCC[C@H](C)[C@@H]2C)cc1. The minimum absolute atomic E-state index is 0.0348. The van der Waals surface area contributed by atoms with Crippen LogP contribution < -0.4 is 10.6 Å². The van der Waals surface area contributed by atoms with Gasteiger partial charge in [0.05, 0.1) is 17.9 Å². The van der Waals surface area contributed by atoms with Crippen LogP contribution in [-0.2, 0) is 25.7 Å². The number of halogens is 1. The number of aryl methyl sites for hydroxylation is 1. The van der Waals surface area contributed by atoms with Crippen LogP contribution in [0.15, 0.2) is 60.7 Å². The Morgan fingerprint density at radius 3 is 2.62 bits per heavy atom. The van der Waals surface area contributed by atoms with Crippen molar-refractivity contribution >= 4 is 35.0 Å². The van der Waals surface area contributed by atoms with Gasteiger partial charge in [-0.05, 0) is 48.9 Å². The highest BCUT2D eigenvalue weighted by molar-refractivity contribution is 6.30. The van der Waals surface area contributed by atoms with Crippen molar-refractivity contribution < 1.29 is 19.1 Å². The van der Waals surface area contributed by atoms with Crippen LogP contribution in [0.5, 0.6) is 0 Å². The van der Waals surface area contributed by atoms with Gasteiger partial charge in [0.1, 0.15) is 11.6 Å². The Morgan fingerprint density at radius 2 is 1.88 bits per heavy atom. The molecule has 8 heteroatoms. The summed E-state index contributed by atoms with van der Waals surface area (Å²) >= 11 is 6.13. The van der Waals surface area contributed by atoms with Gasteiger partial charge in [-0.15, -0.1) is 0 Å². The summed E-state index contributed by atoms with van der Waals surface area (Å²) in [6.45, 7) is 6.69. The third-order valence-corrected chi connectivity index (χ3v) is 9.76. The fourth-order valence-electron chi connectivity index (χ4n) is 7.17. The van der Waals surface area contributed by atoms with Gasteiger partial charge in [0.2, 0.25) is 17.7 Å². The molecule has 1 aliphatic carbocycles. The smallest absolute Gasteiger partial charge is 0.246 e. The Kier molecular flexibility index (Phi) is 6.99. The first kappa shape index (κ1) is 27.0. The van der Waals surface area contributed by atoms with Crippen molar-refractivity contribution in [1.29, 1.82) is 0 Å². The summed E-state index contributed by atoms with van der Waals surface area (Å²) in [5.41, 5.74) is 1.39. The monoisotopic (exact) mass is 561 g/mol. The van der Waals surface area contributed by atoms with E-state index in [0.29, 0.717) is 22.5 Å². The first-order valence-electron chi connectivity index (χ1n) is 14.3. The minimum Gasteiger partial charge on any atom is -0.359 e. The van der Waals surface area contributed by atoms with E-state index >= 15 is 0 Å². The van der Waals surface area contributed by atoms with Crippen molar-refractivity contribution in [3.05, 3.63) is 76.8 Å². The first-order chi connectivity index (χ1) is 19.2. The number of hydrogen-bond acceptors (Lipinski definition) is 4. The Labute approximate surface area is 240 Å². The van der Waals surface area contributed by atoms with Crippen molar-refractivity contribution in [3.8, 4) is 0 Å². The molecule has 3 aliphatic heterocycles. The second-order valence-corrected chi connectivity index (χ2v) is 12.5. The van der Waals surface area contributed by atoms with E-state index < -0.39 is 29.6 Å². The lowest BCUT2D eigenvalue weighted by Crippen LogP contribution is -2.57. The van der Waals surface area contributed by atoms with Crippen LogP contribution in [0.3, 0.4) is 0 Å². The van der Waals surface area contributed by atoms with Gasteiger partial charge in [-0.2, -0.15) is 0 Å². The van der Waals surface area contributed by atoms with Gasteiger partial charge in [-0.25, -0.2) is 0 Å². The van der Waals surface area contributed by atoms with Crippen molar-refractivity contribution in [1.82, 2.24) is 10.2 Å². The summed E-state index contributed by atoms with van der Waals surface area (Å²) in [4.78, 5) is 43.6. The van der Waals surface area contributed by atoms with Crippen LogP contribution in [0, 0.1) is 30.6 Å². The molecule has 6 rings (SSSR count). The van der Waals surface area contributed by atoms with Crippen molar-refractivity contribution in [2.45, 2.75) is 70.4 Å². The lowest BCUT2D eigenvalue weighted by Gasteiger charge is -2.38. The van der Waals surface area contributed by atoms with Crippen LogP contribution >= 0.6 is 11.6 Å². The number of rotatable bonds is 6. The van der Waals surface area contributed by atoms with Gasteiger partial charge in [-0.1, -0.05) is 86.3 Å². The number of hydrogen-bond donors (Lipinski definition) is 2. The molecule has 2 saturated heterocycles. The molecule has 2 bridgehead atoms. The molecular weight excluding hydrogens is 526 g/mol. The summed E-state index contributed by atoms with van der Waals surface area (Å²) in [5, 5.41) is 6.73. The lowest BCUT2D eigenvalue weighted by molar-refractivity contribution is -0.142. The van der Waals surface area contributed by atoms with E-state index in [2.05, 4.69) is 24.5 Å². The molecule has 2 aromatic carbocycles. The molecule has 40 heavy (non-hydrogen) atoms. The number of anilines is 1. The fraction of sp³-hybridized carbons (Fsp3) is 0.469. The van der Waals surface area contributed by atoms with E-state index in [1.165, 1.54) is 0 Å². The highest BCUT2D eigenvalue weighted by Gasteiger charge is 2.72. The van der Waals surface area contributed by atoms with Crippen LogP contribution in [-0.4, -0.2) is 46.4 Å². The summed E-state index contributed by atoms with van der Waals surface area (Å²) in [7, 11) is 0. The number of amides is 3. The molecular formula is C32H36ClN3O4. The number of likely N-dealkylation sites (tertiary alicyclic amines) is 1. The number of nitrogens with one attached hydrogen (secondary N) is 2. The van der Waals surface area contributed by atoms with Gasteiger partial charge in [-0.3, -0.25) is 14.4 Å². The fourth-order valence-corrected chi connectivity index (χ4v) is 7.36. The highest BCUT2D eigenvalue weighted by atomic mass is 35.5. The molecule has 3 heterocycles. The largest absolute Gasteiger partial charge is 0.359 e. The molecule has 0 aromatic heterocycles. The second kappa shape index (κ2) is 10.3. The van der Waals surface area contributed by atoms with Crippen LogP contribution in [0.1, 0.15) is 44.2 Å². The average molecular weight is 562 g/mol. The molecule has 2 N–H and O–H groups in total.